The lowest BCUT2D eigenvalue weighted by Crippen LogP contribution is -2.13. The van der Waals surface area contributed by atoms with Crippen LogP contribution in [0.2, 0.25) is 0 Å². The molecule has 3 aromatic rings. The first-order valence-corrected chi connectivity index (χ1v) is 10.6. The van der Waals surface area contributed by atoms with Crippen LogP contribution in [0.15, 0.2) is 48.5 Å². The van der Waals surface area contributed by atoms with Crippen molar-refractivity contribution in [3.63, 3.8) is 0 Å². The minimum absolute atomic E-state index is 0.220. The van der Waals surface area contributed by atoms with E-state index in [9.17, 15) is 9.59 Å². The summed E-state index contributed by atoms with van der Waals surface area (Å²) in [6.07, 6.45) is 4.45. The number of hydrogen-bond acceptors (Lipinski definition) is 5. The molecule has 4 rings (SSSR count). The van der Waals surface area contributed by atoms with Crippen LogP contribution in [0.3, 0.4) is 0 Å². The lowest BCUT2D eigenvalue weighted by molar-refractivity contribution is 0.0532. The van der Waals surface area contributed by atoms with Crippen LogP contribution in [0.25, 0.3) is 11.3 Å². The number of benzene rings is 2. The number of nitrogens with one attached hydrogen (secondary N) is 1. The van der Waals surface area contributed by atoms with Gasteiger partial charge < -0.3 is 4.74 Å². The fraction of sp³-hybridized carbons (Fsp3) is 0.261. The second-order valence-electron chi connectivity index (χ2n) is 6.93. The number of hydrogen-bond donors (Lipinski definition) is 1. The molecule has 1 heterocycles. The number of aryl methyl sites for hydroxylation is 2. The molecule has 0 saturated heterocycles. The summed E-state index contributed by atoms with van der Waals surface area (Å²) in [7, 11) is 0. The SMILES string of the molecule is CCOC(=O)c1sc(NC(=O)c2ccc3c(c2)CCCC3)nc1-c1ccccc1. The molecule has 5 nitrogen and oxygen atoms in total. The van der Waals surface area contributed by atoms with Crippen LogP contribution in [0.5, 0.6) is 0 Å². The van der Waals surface area contributed by atoms with Crippen molar-refractivity contribution in [1.29, 1.82) is 0 Å². The van der Waals surface area contributed by atoms with Gasteiger partial charge in [0.05, 0.1) is 12.3 Å². The van der Waals surface area contributed by atoms with E-state index >= 15 is 0 Å². The number of esters is 1. The highest BCUT2D eigenvalue weighted by Gasteiger charge is 2.22. The number of aromatic nitrogens is 1. The van der Waals surface area contributed by atoms with Gasteiger partial charge in [-0.2, -0.15) is 0 Å². The monoisotopic (exact) mass is 406 g/mol. The molecule has 0 atom stereocenters. The third-order valence-electron chi connectivity index (χ3n) is 4.97. The highest BCUT2D eigenvalue weighted by Crippen LogP contribution is 2.32. The molecule has 1 aromatic heterocycles. The van der Waals surface area contributed by atoms with Gasteiger partial charge in [-0.05, 0) is 55.9 Å². The number of carbonyl (C=O) groups excluding carboxylic acids is 2. The average Bonchev–Trinajstić information content (AvgIpc) is 3.18. The van der Waals surface area contributed by atoms with E-state index in [2.05, 4.69) is 10.3 Å². The van der Waals surface area contributed by atoms with Gasteiger partial charge in [0.2, 0.25) is 0 Å². The van der Waals surface area contributed by atoms with Gasteiger partial charge in [0.15, 0.2) is 5.13 Å². The minimum atomic E-state index is -0.432. The topological polar surface area (TPSA) is 68.3 Å². The Morgan fingerprint density at radius 3 is 2.59 bits per heavy atom. The first kappa shape index (κ1) is 19.3. The summed E-state index contributed by atoms with van der Waals surface area (Å²) in [5.74, 6) is -0.653. The quantitative estimate of drug-likeness (QED) is 0.597. The predicted molar refractivity (Wildman–Crippen MR) is 115 cm³/mol. The standard InChI is InChI=1S/C23H22N2O3S/c1-2-28-22(27)20-19(16-9-4-3-5-10-16)24-23(29-20)25-21(26)18-13-12-15-8-6-7-11-17(15)14-18/h3-5,9-10,12-14H,2,6-8,11H2,1H3,(H,24,25,26). The van der Waals surface area contributed by atoms with Crippen LogP contribution >= 0.6 is 11.3 Å². The largest absolute Gasteiger partial charge is 0.462 e. The molecule has 0 saturated carbocycles. The van der Waals surface area contributed by atoms with Crippen LogP contribution in [-0.2, 0) is 17.6 Å². The van der Waals surface area contributed by atoms with E-state index in [1.807, 2.05) is 48.5 Å². The van der Waals surface area contributed by atoms with Crippen LogP contribution in [-0.4, -0.2) is 23.5 Å². The Morgan fingerprint density at radius 1 is 1.07 bits per heavy atom. The number of nitrogens with zero attached hydrogens (tertiary/aromatic N) is 1. The number of amides is 1. The van der Waals surface area contributed by atoms with Gasteiger partial charge >= 0.3 is 5.97 Å². The minimum Gasteiger partial charge on any atom is -0.462 e. The maximum Gasteiger partial charge on any atom is 0.350 e. The summed E-state index contributed by atoms with van der Waals surface area (Å²) in [4.78, 5) is 30.1. The van der Waals surface area contributed by atoms with E-state index in [1.54, 1.807) is 6.92 Å². The van der Waals surface area contributed by atoms with Crippen LogP contribution in [0.1, 0.15) is 50.9 Å². The zero-order valence-electron chi connectivity index (χ0n) is 16.2. The van der Waals surface area contributed by atoms with Crippen LogP contribution in [0, 0.1) is 0 Å². The van der Waals surface area contributed by atoms with Gasteiger partial charge in [0, 0.05) is 11.1 Å². The Labute approximate surface area is 173 Å². The zero-order valence-corrected chi connectivity index (χ0v) is 17.1. The number of ether oxygens (including phenoxy) is 1. The van der Waals surface area contributed by atoms with E-state index in [-0.39, 0.29) is 12.5 Å². The normalized spacial score (nSPS) is 12.9. The van der Waals surface area contributed by atoms with E-state index < -0.39 is 5.97 Å². The van der Waals surface area contributed by atoms with E-state index in [4.69, 9.17) is 4.74 Å². The molecule has 148 valence electrons. The summed E-state index contributed by atoms with van der Waals surface area (Å²) < 4.78 is 5.17. The summed E-state index contributed by atoms with van der Waals surface area (Å²) in [6.45, 7) is 2.04. The molecule has 6 heteroatoms. The van der Waals surface area contributed by atoms with Crippen LogP contribution < -0.4 is 5.32 Å². The van der Waals surface area contributed by atoms with Crippen molar-refractivity contribution in [3.05, 3.63) is 70.1 Å². The number of anilines is 1. The molecule has 0 aliphatic heterocycles. The van der Waals surface area contributed by atoms with E-state index in [1.165, 1.54) is 17.5 Å². The lowest BCUT2D eigenvalue weighted by atomic mass is 9.90. The fourth-order valence-electron chi connectivity index (χ4n) is 3.54. The van der Waals surface area contributed by atoms with Gasteiger partial charge in [-0.25, -0.2) is 9.78 Å². The van der Waals surface area contributed by atoms with Crippen LogP contribution in [0.4, 0.5) is 5.13 Å². The number of fused-ring (bicyclic) bond motifs is 1. The van der Waals surface area contributed by atoms with Gasteiger partial charge in [-0.1, -0.05) is 47.7 Å². The van der Waals surface area contributed by atoms with Crippen molar-refractivity contribution in [2.24, 2.45) is 0 Å². The highest BCUT2D eigenvalue weighted by molar-refractivity contribution is 7.18. The molecular formula is C23H22N2O3S. The van der Waals surface area contributed by atoms with E-state index in [0.29, 0.717) is 21.3 Å². The molecule has 29 heavy (non-hydrogen) atoms. The molecule has 0 radical (unpaired) electrons. The molecule has 0 spiro atoms. The maximum absolute atomic E-state index is 12.8. The number of rotatable bonds is 5. The highest BCUT2D eigenvalue weighted by atomic mass is 32.1. The van der Waals surface area contributed by atoms with Gasteiger partial charge in [0.1, 0.15) is 4.88 Å². The van der Waals surface area contributed by atoms with Crippen molar-refractivity contribution < 1.29 is 14.3 Å². The fourth-order valence-corrected chi connectivity index (χ4v) is 4.42. The number of thiazole rings is 1. The summed E-state index contributed by atoms with van der Waals surface area (Å²) in [6, 6.07) is 15.3. The Bertz CT molecular complexity index is 1040. The Kier molecular flexibility index (Phi) is 5.71. The Balaban J connectivity index is 1.61. The molecule has 1 aliphatic carbocycles. The smallest absolute Gasteiger partial charge is 0.350 e. The van der Waals surface area contributed by atoms with Crippen molar-refractivity contribution in [3.8, 4) is 11.3 Å². The Hall–Kier alpha value is -2.99. The average molecular weight is 407 g/mol. The second-order valence-corrected chi connectivity index (χ2v) is 7.93. The van der Waals surface area contributed by atoms with Crippen molar-refractivity contribution in [1.82, 2.24) is 4.98 Å². The third kappa shape index (κ3) is 4.22. The molecule has 2 aromatic carbocycles. The lowest BCUT2D eigenvalue weighted by Gasteiger charge is -2.16. The van der Waals surface area contributed by atoms with Crippen molar-refractivity contribution in [2.45, 2.75) is 32.6 Å². The summed E-state index contributed by atoms with van der Waals surface area (Å²) >= 11 is 1.14. The van der Waals surface area contributed by atoms with Gasteiger partial charge in [-0.15, -0.1) is 0 Å². The molecule has 0 fully saturated rings. The van der Waals surface area contributed by atoms with Gasteiger partial charge in [-0.3, -0.25) is 10.1 Å². The van der Waals surface area contributed by atoms with E-state index in [0.717, 1.165) is 36.2 Å². The first-order chi connectivity index (χ1) is 14.2. The molecule has 1 amide bonds. The Morgan fingerprint density at radius 2 is 1.83 bits per heavy atom. The first-order valence-electron chi connectivity index (χ1n) is 9.82. The third-order valence-corrected chi connectivity index (χ3v) is 5.92. The second kappa shape index (κ2) is 8.57. The maximum atomic E-state index is 12.8. The molecule has 1 N–H and O–H groups in total. The summed E-state index contributed by atoms with van der Waals surface area (Å²) in [5.41, 5.74) is 4.52. The molecule has 0 bridgehead atoms. The number of carbonyl (C=O) groups is 2. The van der Waals surface area contributed by atoms with Crippen molar-refractivity contribution in [2.75, 3.05) is 11.9 Å². The predicted octanol–water partition coefficient (Wildman–Crippen LogP) is 5.12. The summed E-state index contributed by atoms with van der Waals surface area (Å²) in [5, 5.41) is 3.24. The molecule has 0 unspecified atom stereocenters. The zero-order chi connectivity index (χ0) is 20.2. The van der Waals surface area contributed by atoms with Gasteiger partial charge in [0.25, 0.3) is 5.91 Å². The molecule has 1 aliphatic rings. The molecular weight excluding hydrogens is 384 g/mol. The van der Waals surface area contributed by atoms with Crippen molar-refractivity contribution >= 4 is 28.3 Å².